The number of carbonyl (C=O) groups is 2. The Labute approximate surface area is 215 Å². The molecule has 0 saturated heterocycles. The summed E-state index contributed by atoms with van der Waals surface area (Å²) in [6.45, 7) is 3.22. The van der Waals surface area contributed by atoms with E-state index in [-0.39, 0.29) is 30.7 Å². The van der Waals surface area contributed by atoms with Gasteiger partial charge in [-0.1, -0.05) is 18.2 Å². The van der Waals surface area contributed by atoms with Crippen molar-refractivity contribution in [1.82, 2.24) is 14.5 Å². The van der Waals surface area contributed by atoms with Gasteiger partial charge in [0.15, 0.2) is 5.69 Å². The van der Waals surface area contributed by atoms with E-state index in [0.29, 0.717) is 36.3 Å². The number of methoxy groups -OCH3 is 3. The topological polar surface area (TPSA) is 120 Å². The van der Waals surface area contributed by atoms with E-state index >= 15 is 0 Å². The molecule has 4 rings (SSSR count). The van der Waals surface area contributed by atoms with Gasteiger partial charge >= 0.3 is 5.97 Å². The molecule has 1 aromatic carbocycles. The van der Waals surface area contributed by atoms with Gasteiger partial charge < -0.3 is 34.4 Å². The van der Waals surface area contributed by atoms with E-state index in [1.54, 1.807) is 13.3 Å². The van der Waals surface area contributed by atoms with Crippen molar-refractivity contribution in [1.29, 1.82) is 0 Å². The SMILES string of the molecule is COCCC(=O)Nc1c(C(=O)OC)n(CCc2c[nH]c3ccccc23)c2ncc(N[C@H](C)COC)cc12. The number of fused-ring (bicyclic) bond motifs is 2. The fraction of sp³-hybridized carbons (Fsp3) is 0.370. The Bertz CT molecular complexity index is 1390. The molecule has 37 heavy (non-hydrogen) atoms. The van der Waals surface area contributed by atoms with Gasteiger partial charge in [-0.05, 0) is 31.0 Å². The summed E-state index contributed by atoms with van der Waals surface area (Å²) < 4.78 is 17.2. The summed E-state index contributed by atoms with van der Waals surface area (Å²) in [7, 11) is 4.50. The summed E-state index contributed by atoms with van der Waals surface area (Å²) in [6, 6.07) is 9.99. The number of amides is 1. The number of nitrogens with one attached hydrogen (secondary N) is 3. The molecule has 196 valence electrons. The van der Waals surface area contributed by atoms with Crippen molar-refractivity contribution in [3.8, 4) is 0 Å². The first kappa shape index (κ1) is 26.2. The Morgan fingerprint density at radius 1 is 1.14 bits per heavy atom. The number of para-hydroxylation sites is 1. The number of aromatic nitrogens is 3. The molecule has 0 aliphatic rings. The van der Waals surface area contributed by atoms with Crippen molar-refractivity contribution in [3.05, 3.63) is 54.0 Å². The standard InChI is InChI=1S/C27H33N5O5/c1-17(16-36-3)30-19-13-21-24(31-23(33)10-12-35-2)25(27(34)37-4)32(26(21)29-15-19)11-9-18-14-28-22-8-6-5-7-20(18)22/h5-8,13-15,17,28,30H,9-12,16H2,1-4H3,(H,31,33)/t17-/m1/s1. The summed E-state index contributed by atoms with van der Waals surface area (Å²) in [6.07, 6.45) is 4.49. The number of hydrogen-bond acceptors (Lipinski definition) is 7. The Morgan fingerprint density at radius 2 is 1.95 bits per heavy atom. The van der Waals surface area contributed by atoms with Crippen LogP contribution in [0, 0.1) is 0 Å². The Balaban J connectivity index is 1.78. The molecule has 0 bridgehead atoms. The number of H-pyrrole nitrogens is 1. The van der Waals surface area contributed by atoms with Crippen LogP contribution in [0.3, 0.4) is 0 Å². The van der Waals surface area contributed by atoms with Crippen molar-refractivity contribution in [2.24, 2.45) is 0 Å². The van der Waals surface area contributed by atoms with Gasteiger partial charge in [0.25, 0.3) is 0 Å². The average molecular weight is 508 g/mol. The molecule has 10 heteroatoms. The van der Waals surface area contributed by atoms with E-state index in [0.717, 1.165) is 22.2 Å². The quantitative estimate of drug-likeness (QED) is 0.248. The molecule has 3 heterocycles. The number of hydrogen-bond donors (Lipinski definition) is 3. The second-order valence-corrected chi connectivity index (χ2v) is 8.86. The third-order valence-corrected chi connectivity index (χ3v) is 6.18. The highest BCUT2D eigenvalue weighted by Gasteiger charge is 2.26. The maximum absolute atomic E-state index is 13.1. The number of benzene rings is 1. The Hall–Kier alpha value is -3.89. The first-order valence-corrected chi connectivity index (χ1v) is 12.2. The lowest BCUT2D eigenvalue weighted by molar-refractivity contribution is -0.117. The summed E-state index contributed by atoms with van der Waals surface area (Å²) in [5, 5.41) is 8.02. The maximum atomic E-state index is 13.1. The number of esters is 1. The minimum absolute atomic E-state index is 0.0352. The molecule has 0 saturated carbocycles. The molecule has 3 aromatic heterocycles. The van der Waals surface area contributed by atoms with Crippen LogP contribution < -0.4 is 10.6 Å². The highest BCUT2D eigenvalue weighted by Crippen LogP contribution is 2.33. The summed E-state index contributed by atoms with van der Waals surface area (Å²) >= 11 is 0. The number of nitrogens with zero attached hydrogens (tertiary/aromatic N) is 2. The van der Waals surface area contributed by atoms with Gasteiger partial charge in [0.2, 0.25) is 5.91 Å². The monoisotopic (exact) mass is 507 g/mol. The Morgan fingerprint density at radius 3 is 2.70 bits per heavy atom. The van der Waals surface area contributed by atoms with E-state index in [9.17, 15) is 9.59 Å². The minimum atomic E-state index is -0.554. The molecular formula is C27H33N5O5. The third-order valence-electron chi connectivity index (χ3n) is 6.18. The number of aryl methyl sites for hydroxylation is 2. The first-order chi connectivity index (χ1) is 18.0. The zero-order valence-electron chi connectivity index (χ0n) is 21.6. The molecule has 0 aliphatic carbocycles. The molecule has 3 N–H and O–H groups in total. The van der Waals surface area contributed by atoms with Gasteiger partial charge in [-0.2, -0.15) is 0 Å². The number of ether oxygens (including phenoxy) is 3. The predicted octanol–water partition coefficient (Wildman–Crippen LogP) is 3.97. The van der Waals surface area contributed by atoms with Crippen LogP contribution >= 0.6 is 0 Å². The summed E-state index contributed by atoms with van der Waals surface area (Å²) in [4.78, 5) is 33.8. The molecule has 10 nitrogen and oxygen atoms in total. The van der Waals surface area contributed by atoms with Crippen molar-refractivity contribution in [2.45, 2.75) is 32.4 Å². The number of pyridine rings is 1. The van der Waals surface area contributed by atoms with Crippen molar-refractivity contribution < 1.29 is 23.8 Å². The third kappa shape index (κ3) is 5.76. The van der Waals surface area contributed by atoms with Crippen LogP contribution in [0.25, 0.3) is 21.9 Å². The van der Waals surface area contributed by atoms with Gasteiger partial charge in [-0.25, -0.2) is 9.78 Å². The largest absolute Gasteiger partial charge is 0.464 e. The van der Waals surface area contributed by atoms with Crippen molar-refractivity contribution in [3.63, 3.8) is 0 Å². The van der Waals surface area contributed by atoms with E-state index in [2.05, 4.69) is 21.7 Å². The molecular weight excluding hydrogens is 474 g/mol. The lowest BCUT2D eigenvalue weighted by Crippen LogP contribution is -2.20. The smallest absolute Gasteiger partial charge is 0.356 e. The molecule has 0 aliphatic heterocycles. The van der Waals surface area contributed by atoms with E-state index < -0.39 is 5.97 Å². The maximum Gasteiger partial charge on any atom is 0.356 e. The van der Waals surface area contributed by atoms with E-state index in [1.807, 2.05) is 42.0 Å². The van der Waals surface area contributed by atoms with Crippen molar-refractivity contribution in [2.75, 3.05) is 45.2 Å². The van der Waals surface area contributed by atoms with Gasteiger partial charge in [0.1, 0.15) is 5.65 Å². The van der Waals surface area contributed by atoms with Crippen LogP contribution in [0.4, 0.5) is 11.4 Å². The molecule has 0 fully saturated rings. The number of anilines is 2. The van der Waals surface area contributed by atoms with Crippen LogP contribution in [0.1, 0.15) is 29.4 Å². The highest BCUT2D eigenvalue weighted by atomic mass is 16.5. The fourth-order valence-electron chi connectivity index (χ4n) is 4.50. The molecule has 0 radical (unpaired) electrons. The van der Waals surface area contributed by atoms with Crippen molar-refractivity contribution >= 4 is 45.2 Å². The van der Waals surface area contributed by atoms with Gasteiger partial charge in [0, 0.05) is 49.3 Å². The second kappa shape index (κ2) is 11.9. The predicted molar refractivity (Wildman–Crippen MR) is 143 cm³/mol. The highest BCUT2D eigenvalue weighted by molar-refractivity contribution is 6.11. The molecule has 4 aromatic rings. The molecule has 1 amide bonds. The summed E-state index contributed by atoms with van der Waals surface area (Å²) in [5.41, 5.74) is 4.11. The van der Waals surface area contributed by atoms with Gasteiger partial charge in [0.05, 0.1) is 44.3 Å². The zero-order chi connectivity index (χ0) is 26.4. The fourth-order valence-corrected chi connectivity index (χ4v) is 4.50. The van der Waals surface area contributed by atoms with Crippen LogP contribution in [-0.2, 0) is 32.0 Å². The molecule has 0 spiro atoms. The van der Waals surface area contributed by atoms with Gasteiger partial charge in [-0.3, -0.25) is 4.79 Å². The zero-order valence-corrected chi connectivity index (χ0v) is 21.6. The average Bonchev–Trinajstić information content (AvgIpc) is 3.44. The van der Waals surface area contributed by atoms with E-state index in [4.69, 9.17) is 19.2 Å². The second-order valence-electron chi connectivity index (χ2n) is 8.86. The van der Waals surface area contributed by atoms with Crippen LogP contribution in [0.5, 0.6) is 0 Å². The molecule has 0 unspecified atom stereocenters. The number of aromatic amines is 1. The lowest BCUT2D eigenvalue weighted by atomic mass is 10.1. The number of rotatable bonds is 12. The summed E-state index contributed by atoms with van der Waals surface area (Å²) in [5.74, 6) is -0.824. The van der Waals surface area contributed by atoms with Crippen LogP contribution in [-0.4, -0.2) is 67.0 Å². The van der Waals surface area contributed by atoms with Crippen LogP contribution in [0.2, 0.25) is 0 Å². The number of carbonyl (C=O) groups excluding carboxylic acids is 2. The first-order valence-electron chi connectivity index (χ1n) is 12.2. The molecule has 1 atom stereocenters. The van der Waals surface area contributed by atoms with Gasteiger partial charge in [-0.15, -0.1) is 0 Å². The Kier molecular flexibility index (Phi) is 8.42. The normalized spacial score (nSPS) is 12.1. The minimum Gasteiger partial charge on any atom is -0.464 e. The lowest BCUT2D eigenvalue weighted by Gasteiger charge is -2.14. The van der Waals surface area contributed by atoms with Crippen LogP contribution in [0.15, 0.2) is 42.7 Å². The van der Waals surface area contributed by atoms with E-state index in [1.165, 1.54) is 14.2 Å².